The van der Waals surface area contributed by atoms with E-state index in [0.29, 0.717) is 18.4 Å². The molecule has 0 aliphatic carbocycles. The molecule has 1 fully saturated rings. The number of benzene rings is 2. The molecular weight excluding hydrogens is 414 g/mol. The topological polar surface area (TPSA) is 108 Å². The lowest BCUT2D eigenvalue weighted by atomic mass is 10.0. The predicted octanol–water partition coefficient (Wildman–Crippen LogP) is 3.85. The molecule has 0 bridgehead atoms. The number of ether oxygens (including phenoxy) is 1. The maximum absolute atomic E-state index is 6.30. The van der Waals surface area contributed by atoms with Crippen molar-refractivity contribution < 1.29 is 4.74 Å². The quantitative estimate of drug-likeness (QED) is 0.466. The summed E-state index contributed by atoms with van der Waals surface area (Å²) < 4.78 is 7.97. The second-order valence-electron chi connectivity index (χ2n) is 8.54. The molecule has 4 N–H and O–H groups in total. The third kappa shape index (κ3) is 4.27. The zero-order valence-electron chi connectivity index (χ0n) is 18.8. The molecule has 1 unspecified atom stereocenters. The predicted molar refractivity (Wildman–Crippen MR) is 130 cm³/mol. The van der Waals surface area contributed by atoms with Gasteiger partial charge in [0.1, 0.15) is 29.3 Å². The molecule has 2 aromatic carbocycles. The number of aromatic nitrogens is 4. The van der Waals surface area contributed by atoms with Crippen molar-refractivity contribution in [1.29, 1.82) is 0 Å². The zero-order chi connectivity index (χ0) is 22.8. The lowest BCUT2D eigenvalue weighted by Crippen LogP contribution is -2.43. The van der Waals surface area contributed by atoms with Gasteiger partial charge in [-0.3, -0.25) is 4.90 Å². The van der Waals surface area contributed by atoms with Crippen molar-refractivity contribution in [3.63, 3.8) is 0 Å². The first-order valence-electron chi connectivity index (χ1n) is 11.4. The number of para-hydroxylation sites is 1. The van der Waals surface area contributed by atoms with Crippen LogP contribution in [0.3, 0.4) is 0 Å². The Morgan fingerprint density at radius 2 is 1.70 bits per heavy atom. The average molecular weight is 444 g/mol. The minimum atomic E-state index is 0.262. The van der Waals surface area contributed by atoms with Crippen molar-refractivity contribution in [1.82, 2.24) is 24.6 Å². The van der Waals surface area contributed by atoms with E-state index in [9.17, 15) is 0 Å². The first-order chi connectivity index (χ1) is 16.1. The number of anilines is 1. The maximum Gasteiger partial charge on any atom is 0.164 e. The number of nitrogens with zero attached hydrogens (tertiary/aromatic N) is 5. The van der Waals surface area contributed by atoms with E-state index in [-0.39, 0.29) is 6.04 Å². The molecule has 3 heterocycles. The van der Waals surface area contributed by atoms with Crippen LogP contribution >= 0.6 is 0 Å². The Morgan fingerprint density at radius 3 is 2.39 bits per heavy atom. The fraction of sp³-hybridized carbons (Fsp3) is 0.320. The van der Waals surface area contributed by atoms with Crippen LogP contribution in [0.2, 0.25) is 0 Å². The monoisotopic (exact) mass is 443 g/mol. The van der Waals surface area contributed by atoms with Crippen LogP contribution in [-0.4, -0.2) is 50.3 Å². The van der Waals surface area contributed by atoms with E-state index in [0.717, 1.165) is 59.7 Å². The van der Waals surface area contributed by atoms with Crippen LogP contribution in [-0.2, 0) is 0 Å². The zero-order valence-corrected chi connectivity index (χ0v) is 18.8. The van der Waals surface area contributed by atoms with Crippen molar-refractivity contribution in [3.05, 3.63) is 60.9 Å². The van der Waals surface area contributed by atoms with Crippen LogP contribution in [0, 0.1) is 0 Å². The summed E-state index contributed by atoms with van der Waals surface area (Å²) in [7, 11) is 0. The van der Waals surface area contributed by atoms with Gasteiger partial charge in [0.15, 0.2) is 5.65 Å². The third-order valence-electron chi connectivity index (χ3n) is 6.43. The molecule has 5 rings (SSSR count). The van der Waals surface area contributed by atoms with Gasteiger partial charge >= 0.3 is 0 Å². The second kappa shape index (κ2) is 9.17. The van der Waals surface area contributed by atoms with Crippen molar-refractivity contribution in [2.45, 2.75) is 31.8 Å². The fourth-order valence-corrected chi connectivity index (χ4v) is 4.48. The summed E-state index contributed by atoms with van der Waals surface area (Å²) in [6.07, 6.45) is 3.50. The van der Waals surface area contributed by atoms with Crippen LogP contribution in [0.4, 0.5) is 5.82 Å². The van der Waals surface area contributed by atoms with Gasteiger partial charge in [0.25, 0.3) is 0 Å². The fourth-order valence-electron chi connectivity index (χ4n) is 4.48. The summed E-state index contributed by atoms with van der Waals surface area (Å²) in [6.45, 7) is 4.84. The largest absolute Gasteiger partial charge is 0.457 e. The first kappa shape index (κ1) is 21.4. The van der Waals surface area contributed by atoms with E-state index in [1.165, 1.54) is 6.33 Å². The molecule has 0 saturated carbocycles. The lowest BCUT2D eigenvalue weighted by Gasteiger charge is -2.35. The Hall–Kier alpha value is -3.49. The maximum atomic E-state index is 6.30. The van der Waals surface area contributed by atoms with Gasteiger partial charge < -0.3 is 16.2 Å². The molecule has 0 radical (unpaired) electrons. The van der Waals surface area contributed by atoms with Crippen molar-refractivity contribution in [2.24, 2.45) is 5.73 Å². The van der Waals surface area contributed by atoms with Crippen molar-refractivity contribution in [2.75, 3.05) is 25.4 Å². The molecule has 0 amide bonds. The molecule has 1 saturated heterocycles. The Balaban J connectivity index is 1.44. The second-order valence-corrected chi connectivity index (χ2v) is 8.54. The van der Waals surface area contributed by atoms with Gasteiger partial charge in [-0.25, -0.2) is 14.6 Å². The van der Waals surface area contributed by atoms with Crippen molar-refractivity contribution >= 4 is 16.9 Å². The standard InChI is InChI=1S/C25H29N7O/c1-17(15-26)31-13-11-19(12-14-31)32-25-22(24(27)28-16-29-25)23(30-32)18-7-9-21(10-8-18)33-20-5-3-2-4-6-20/h2-10,16-17,19H,11-15,26H2,1H3,(H2,27,28,29). The average Bonchev–Trinajstić information content (AvgIpc) is 3.26. The Labute approximate surface area is 193 Å². The highest BCUT2D eigenvalue weighted by Crippen LogP contribution is 2.35. The first-order valence-corrected chi connectivity index (χ1v) is 11.4. The summed E-state index contributed by atoms with van der Waals surface area (Å²) in [5.74, 6) is 2.01. The molecule has 1 atom stereocenters. The molecule has 0 spiro atoms. The molecular formula is C25H29N7O. The highest BCUT2D eigenvalue weighted by Gasteiger charge is 2.27. The van der Waals surface area contributed by atoms with Gasteiger partial charge in [-0.05, 0) is 56.2 Å². The molecule has 8 nitrogen and oxygen atoms in total. The van der Waals surface area contributed by atoms with Gasteiger partial charge in [0.05, 0.1) is 11.4 Å². The van der Waals surface area contributed by atoms with E-state index in [2.05, 4.69) is 21.8 Å². The minimum Gasteiger partial charge on any atom is -0.457 e. The number of fused-ring (bicyclic) bond motifs is 1. The molecule has 33 heavy (non-hydrogen) atoms. The number of likely N-dealkylation sites (tertiary alicyclic amines) is 1. The summed E-state index contributed by atoms with van der Waals surface area (Å²) >= 11 is 0. The molecule has 170 valence electrons. The number of nitrogen functional groups attached to an aromatic ring is 1. The Kier molecular flexibility index (Phi) is 5.93. The van der Waals surface area contributed by atoms with Crippen LogP contribution in [0.1, 0.15) is 25.8 Å². The van der Waals surface area contributed by atoms with E-state index >= 15 is 0 Å². The smallest absolute Gasteiger partial charge is 0.164 e. The van der Waals surface area contributed by atoms with E-state index < -0.39 is 0 Å². The Bertz CT molecular complexity index is 1210. The van der Waals surface area contributed by atoms with Crippen LogP contribution in [0.25, 0.3) is 22.3 Å². The molecule has 1 aliphatic rings. The van der Waals surface area contributed by atoms with Crippen LogP contribution in [0.5, 0.6) is 11.5 Å². The van der Waals surface area contributed by atoms with Crippen LogP contribution in [0.15, 0.2) is 60.9 Å². The molecule has 4 aromatic rings. The number of nitrogens with two attached hydrogens (primary N) is 2. The van der Waals surface area contributed by atoms with Gasteiger partial charge in [0, 0.05) is 31.2 Å². The summed E-state index contributed by atoms with van der Waals surface area (Å²) in [6, 6.07) is 18.3. The number of rotatable bonds is 6. The summed E-state index contributed by atoms with van der Waals surface area (Å²) in [5.41, 5.74) is 14.7. The van der Waals surface area contributed by atoms with Crippen LogP contribution < -0.4 is 16.2 Å². The minimum absolute atomic E-state index is 0.262. The summed E-state index contributed by atoms with van der Waals surface area (Å²) in [4.78, 5) is 11.2. The van der Waals surface area contributed by atoms with Gasteiger partial charge in [0.2, 0.25) is 0 Å². The highest BCUT2D eigenvalue weighted by molar-refractivity contribution is 5.98. The lowest BCUT2D eigenvalue weighted by molar-refractivity contribution is 0.143. The van der Waals surface area contributed by atoms with Gasteiger partial charge in [-0.1, -0.05) is 18.2 Å². The Morgan fingerprint density at radius 1 is 1.00 bits per heavy atom. The molecule has 1 aliphatic heterocycles. The van der Waals surface area contributed by atoms with E-state index in [4.69, 9.17) is 21.3 Å². The number of hydrogen-bond donors (Lipinski definition) is 2. The number of piperidine rings is 1. The van der Waals surface area contributed by atoms with Crippen molar-refractivity contribution in [3.8, 4) is 22.8 Å². The van der Waals surface area contributed by atoms with E-state index in [1.807, 2.05) is 59.3 Å². The van der Waals surface area contributed by atoms with Gasteiger partial charge in [-0.15, -0.1) is 0 Å². The molecule has 2 aromatic heterocycles. The highest BCUT2D eigenvalue weighted by atomic mass is 16.5. The normalized spacial score (nSPS) is 16.2. The number of hydrogen-bond acceptors (Lipinski definition) is 7. The SMILES string of the molecule is CC(CN)N1CCC(n2nc(-c3ccc(Oc4ccccc4)cc3)c3c(N)ncnc32)CC1. The van der Waals surface area contributed by atoms with Gasteiger partial charge in [-0.2, -0.15) is 5.10 Å². The molecule has 8 heteroatoms. The third-order valence-corrected chi connectivity index (χ3v) is 6.43. The summed E-state index contributed by atoms with van der Waals surface area (Å²) in [5, 5.41) is 5.80. The van der Waals surface area contributed by atoms with E-state index in [1.54, 1.807) is 0 Å².